The molecule has 0 saturated heterocycles. The van der Waals surface area contributed by atoms with E-state index in [1.54, 1.807) is 0 Å². The molecule has 0 aromatic heterocycles. The maximum Gasteiger partial charge on any atom is 0.230 e. The zero-order valence-corrected chi connectivity index (χ0v) is 8.26. The molecule has 0 aromatic rings. The Morgan fingerprint density at radius 3 is 3.08 bits per heavy atom. The van der Waals surface area contributed by atoms with Crippen molar-refractivity contribution >= 4 is 11.7 Å². The van der Waals surface area contributed by atoms with Crippen LogP contribution >= 0.6 is 0 Å². The number of amides is 1. The summed E-state index contributed by atoms with van der Waals surface area (Å²) in [4.78, 5) is 16.2. The van der Waals surface area contributed by atoms with E-state index in [1.165, 1.54) is 12.8 Å². The third-order valence-electron chi connectivity index (χ3n) is 3.22. The zero-order chi connectivity index (χ0) is 9.47. The summed E-state index contributed by atoms with van der Waals surface area (Å²) in [6.45, 7) is 3.98. The molecular weight excluding hydrogens is 164 g/mol. The molecule has 1 aliphatic carbocycles. The molecule has 0 spiro atoms. The monoisotopic (exact) mass is 180 g/mol. The minimum absolute atomic E-state index is 0.106. The number of carbonyl (C=O) groups excluding carboxylic acids is 1. The standard InChI is InChI=1S/C10H16N2O/c1-7-11-9(13)8-5-3-4-6-10(8,2)12-7/h8H,3-6H2,1-2H3,(H,11,12,13)/t8-,10-/m0/s1. The molecule has 1 fully saturated rings. The first-order valence-electron chi connectivity index (χ1n) is 4.99. The van der Waals surface area contributed by atoms with Crippen molar-refractivity contribution in [1.82, 2.24) is 5.32 Å². The normalized spacial score (nSPS) is 39.1. The number of nitrogens with zero attached hydrogens (tertiary/aromatic N) is 1. The Kier molecular flexibility index (Phi) is 1.90. The van der Waals surface area contributed by atoms with Crippen molar-refractivity contribution in [2.45, 2.75) is 45.1 Å². The first-order chi connectivity index (χ1) is 6.12. The van der Waals surface area contributed by atoms with Crippen LogP contribution in [0.25, 0.3) is 0 Å². The lowest BCUT2D eigenvalue weighted by molar-refractivity contribution is -0.127. The predicted octanol–water partition coefficient (Wildman–Crippen LogP) is 1.48. The van der Waals surface area contributed by atoms with Crippen LogP contribution in [0.4, 0.5) is 0 Å². The molecule has 0 aromatic carbocycles. The van der Waals surface area contributed by atoms with Gasteiger partial charge in [0.05, 0.1) is 11.5 Å². The Hall–Kier alpha value is -0.860. The maximum atomic E-state index is 11.7. The molecule has 3 heteroatoms. The molecule has 3 nitrogen and oxygen atoms in total. The van der Waals surface area contributed by atoms with E-state index in [4.69, 9.17) is 0 Å². The number of hydrogen-bond donors (Lipinski definition) is 1. The molecule has 1 saturated carbocycles. The quantitative estimate of drug-likeness (QED) is 0.602. The first kappa shape index (κ1) is 8.73. The molecular formula is C10H16N2O. The van der Waals surface area contributed by atoms with E-state index in [2.05, 4.69) is 17.2 Å². The molecule has 1 amide bonds. The zero-order valence-electron chi connectivity index (χ0n) is 8.26. The molecule has 0 bridgehead atoms. The summed E-state index contributed by atoms with van der Waals surface area (Å²) in [5, 5.41) is 2.81. The van der Waals surface area contributed by atoms with E-state index < -0.39 is 0 Å². The van der Waals surface area contributed by atoms with Crippen molar-refractivity contribution in [2.75, 3.05) is 0 Å². The topological polar surface area (TPSA) is 41.5 Å². The highest BCUT2D eigenvalue weighted by Crippen LogP contribution is 2.38. The van der Waals surface area contributed by atoms with Gasteiger partial charge in [-0.15, -0.1) is 0 Å². The van der Waals surface area contributed by atoms with E-state index in [9.17, 15) is 4.79 Å². The molecule has 13 heavy (non-hydrogen) atoms. The summed E-state index contributed by atoms with van der Waals surface area (Å²) in [5.74, 6) is 1.07. The van der Waals surface area contributed by atoms with Crippen LogP contribution in [0.2, 0.25) is 0 Å². The number of amidine groups is 1. The third-order valence-corrected chi connectivity index (χ3v) is 3.22. The summed E-state index contributed by atoms with van der Waals surface area (Å²) in [7, 11) is 0. The fourth-order valence-corrected chi connectivity index (χ4v) is 2.54. The van der Waals surface area contributed by atoms with Gasteiger partial charge in [0.25, 0.3) is 0 Å². The molecule has 2 atom stereocenters. The SMILES string of the molecule is CC1=N[C@@]2(C)CCCC[C@H]2C(=O)N1. The van der Waals surface area contributed by atoms with Gasteiger partial charge in [-0.2, -0.15) is 0 Å². The minimum Gasteiger partial charge on any atom is -0.314 e. The van der Waals surface area contributed by atoms with Crippen molar-refractivity contribution in [2.24, 2.45) is 10.9 Å². The van der Waals surface area contributed by atoms with Crippen LogP contribution in [-0.4, -0.2) is 17.3 Å². The number of rotatable bonds is 0. The lowest BCUT2D eigenvalue weighted by Gasteiger charge is -2.40. The molecule has 72 valence electrons. The Balaban J connectivity index is 2.33. The van der Waals surface area contributed by atoms with Crippen LogP contribution in [0.3, 0.4) is 0 Å². The average molecular weight is 180 g/mol. The van der Waals surface area contributed by atoms with E-state index >= 15 is 0 Å². The van der Waals surface area contributed by atoms with Crippen LogP contribution in [0.1, 0.15) is 39.5 Å². The molecule has 1 heterocycles. The van der Waals surface area contributed by atoms with Gasteiger partial charge in [0.2, 0.25) is 5.91 Å². The van der Waals surface area contributed by atoms with Gasteiger partial charge in [-0.25, -0.2) is 0 Å². The molecule has 2 aliphatic rings. The molecule has 2 rings (SSSR count). The second-order valence-electron chi connectivity index (χ2n) is 4.34. The van der Waals surface area contributed by atoms with Crippen LogP contribution < -0.4 is 5.32 Å². The van der Waals surface area contributed by atoms with Crippen LogP contribution in [-0.2, 0) is 4.79 Å². The van der Waals surface area contributed by atoms with Crippen molar-refractivity contribution in [3.05, 3.63) is 0 Å². The fraction of sp³-hybridized carbons (Fsp3) is 0.800. The summed E-state index contributed by atoms with van der Waals surface area (Å²) < 4.78 is 0. The highest BCUT2D eigenvalue weighted by atomic mass is 16.2. The van der Waals surface area contributed by atoms with Gasteiger partial charge in [-0.3, -0.25) is 9.79 Å². The Morgan fingerprint density at radius 2 is 2.31 bits per heavy atom. The van der Waals surface area contributed by atoms with Gasteiger partial charge in [0, 0.05) is 0 Å². The number of carbonyl (C=O) groups is 1. The predicted molar refractivity (Wildman–Crippen MR) is 51.6 cm³/mol. The Morgan fingerprint density at radius 1 is 1.54 bits per heavy atom. The van der Waals surface area contributed by atoms with Crippen molar-refractivity contribution in [1.29, 1.82) is 0 Å². The molecule has 0 radical (unpaired) electrons. The van der Waals surface area contributed by atoms with E-state index in [1.807, 2.05) is 6.92 Å². The van der Waals surface area contributed by atoms with E-state index in [0.717, 1.165) is 18.7 Å². The van der Waals surface area contributed by atoms with E-state index in [-0.39, 0.29) is 17.4 Å². The molecule has 1 N–H and O–H groups in total. The average Bonchev–Trinajstić information content (AvgIpc) is 2.01. The van der Waals surface area contributed by atoms with Crippen LogP contribution in [0, 0.1) is 5.92 Å². The lowest BCUT2D eigenvalue weighted by atomic mass is 9.73. The van der Waals surface area contributed by atoms with Gasteiger partial charge in [0.1, 0.15) is 5.84 Å². The molecule has 0 unspecified atom stereocenters. The number of fused-ring (bicyclic) bond motifs is 1. The van der Waals surface area contributed by atoms with Gasteiger partial charge < -0.3 is 5.32 Å². The summed E-state index contributed by atoms with van der Waals surface area (Å²) in [5.41, 5.74) is -0.106. The largest absolute Gasteiger partial charge is 0.314 e. The van der Waals surface area contributed by atoms with Crippen molar-refractivity contribution in [3.8, 4) is 0 Å². The summed E-state index contributed by atoms with van der Waals surface area (Å²) in [6.07, 6.45) is 4.43. The van der Waals surface area contributed by atoms with Gasteiger partial charge in [-0.05, 0) is 26.7 Å². The smallest absolute Gasteiger partial charge is 0.230 e. The van der Waals surface area contributed by atoms with Gasteiger partial charge >= 0.3 is 0 Å². The number of nitrogens with one attached hydrogen (secondary N) is 1. The second-order valence-corrected chi connectivity index (χ2v) is 4.34. The molecule has 1 aliphatic heterocycles. The highest BCUT2D eigenvalue weighted by Gasteiger charge is 2.43. The van der Waals surface area contributed by atoms with Gasteiger partial charge in [-0.1, -0.05) is 12.8 Å². The summed E-state index contributed by atoms with van der Waals surface area (Å²) in [6, 6.07) is 0. The Labute approximate surface area is 78.6 Å². The van der Waals surface area contributed by atoms with Crippen molar-refractivity contribution in [3.63, 3.8) is 0 Å². The van der Waals surface area contributed by atoms with Crippen molar-refractivity contribution < 1.29 is 4.79 Å². The fourth-order valence-electron chi connectivity index (χ4n) is 2.54. The summed E-state index contributed by atoms with van der Waals surface area (Å²) >= 11 is 0. The number of hydrogen-bond acceptors (Lipinski definition) is 2. The first-order valence-corrected chi connectivity index (χ1v) is 4.99. The third kappa shape index (κ3) is 1.36. The van der Waals surface area contributed by atoms with Gasteiger partial charge in [0.15, 0.2) is 0 Å². The minimum atomic E-state index is -0.106. The van der Waals surface area contributed by atoms with E-state index in [0.29, 0.717) is 0 Å². The van der Waals surface area contributed by atoms with Crippen LogP contribution in [0.5, 0.6) is 0 Å². The Bertz CT molecular complexity index is 272. The highest BCUT2D eigenvalue weighted by molar-refractivity contribution is 6.00. The lowest BCUT2D eigenvalue weighted by Crippen LogP contribution is -2.52. The number of aliphatic imine (C=N–C) groups is 1. The second kappa shape index (κ2) is 2.82. The van der Waals surface area contributed by atoms with Crippen LogP contribution in [0.15, 0.2) is 4.99 Å². The maximum absolute atomic E-state index is 11.7.